The molecule has 0 aliphatic carbocycles. The van der Waals surface area contributed by atoms with Gasteiger partial charge in [-0.3, -0.25) is 4.68 Å². The summed E-state index contributed by atoms with van der Waals surface area (Å²) in [5.41, 5.74) is 1.33. The summed E-state index contributed by atoms with van der Waals surface area (Å²) in [7, 11) is 6.53. The molecule has 1 aliphatic rings. The van der Waals surface area contributed by atoms with Crippen molar-refractivity contribution in [2.45, 2.75) is 38.3 Å². The number of nitrogens with zero attached hydrogens (tertiary/aromatic N) is 4. The minimum Gasteiger partial charge on any atom is -0.314 e. The van der Waals surface area contributed by atoms with Crippen LogP contribution in [0.15, 0.2) is 12.3 Å². The molecule has 1 saturated heterocycles. The van der Waals surface area contributed by atoms with Gasteiger partial charge in [0.25, 0.3) is 0 Å². The number of piperazine rings is 1. The molecule has 0 aromatic carbocycles. The van der Waals surface area contributed by atoms with E-state index in [0.29, 0.717) is 12.1 Å². The van der Waals surface area contributed by atoms with E-state index in [1.165, 1.54) is 38.2 Å². The van der Waals surface area contributed by atoms with Crippen LogP contribution in [0.5, 0.6) is 0 Å². The fourth-order valence-electron chi connectivity index (χ4n) is 3.24. The van der Waals surface area contributed by atoms with Crippen LogP contribution in [0, 0.1) is 0 Å². The fraction of sp³-hybridized carbons (Fsp3) is 0.812. The van der Waals surface area contributed by atoms with Gasteiger partial charge < -0.3 is 15.1 Å². The summed E-state index contributed by atoms with van der Waals surface area (Å²) in [4.78, 5) is 4.98. The summed E-state index contributed by atoms with van der Waals surface area (Å²) < 4.78 is 1.99. The van der Waals surface area contributed by atoms with Crippen LogP contribution in [0.3, 0.4) is 0 Å². The lowest BCUT2D eigenvalue weighted by Crippen LogP contribution is -2.52. The third kappa shape index (κ3) is 4.80. The molecule has 2 atom stereocenters. The Balaban J connectivity index is 1.87. The second kappa shape index (κ2) is 7.92. The van der Waals surface area contributed by atoms with Gasteiger partial charge in [-0.1, -0.05) is 6.92 Å². The molecule has 1 N–H and O–H groups in total. The van der Waals surface area contributed by atoms with Gasteiger partial charge in [0.05, 0.1) is 0 Å². The smallest absolute Gasteiger partial charge is 0.0492 e. The second-order valence-electron chi connectivity index (χ2n) is 6.37. The quantitative estimate of drug-likeness (QED) is 0.813. The summed E-state index contributed by atoms with van der Waals surface area (Å²) in [6.07, 6.45) is 5.40. The highest BCUT2D eigenvalue weighted by Crippen LogP contribution is 2.15. The highest BCUT2D eigenvalue weighted by atomic mass is 15.3. The van der Waals surface area contributed by atoms with Gasteiger partial charge in [-0.25, -0.2) is 0 Å². The maximum absolute atomic E-state index is 4.26. The van der Waals surface area contributed by atoms with Crippen LogP contribution in [0.4, 0.5) is 0 Å². The van der Waals surface area contributed by atoms with Crippen molar-refractivity contribution >= 4 is 0 Å². The molecule has 0 spiro atoms. The monoisotopic (exact) mass is 293 g/mol. The summed E-state index contributed by atoms with van der Waals surface area (Å²) in [5, 5.41) is 7.93. The number of aryl methyl sites for hydroxylation is 2. The summed E-state index contributed by atoms with van der Waals surface area (Å²) in [6, 6.07) is 3.38. The Morgan fingerprint density at radius 1 is 1.33 bits per heavy atom. The predicted octanol–water partition coefficient (Wildman–Crippen LogP) is 0.967. The summed E-state index contributed by atoms with van der Waals surface area (Å²) in [6.45, 7) is 6.80. The van der Waals surface area contributed by atoms with Crippen LogP contribution >= 0.6 is 0 Å². The van der Waals surface area contributed by atoms with E-state index in [4.69, 9.17) is 0 Å². The van der Waals surface area contributed by atoms with Gasteiger partial charge in [0.2, 0.25) is 0 Å². The molecule has 0 bridgehead atoms. The lowest BCUT2D eigenvalue weighted by atomic mass is 9.99. The molecule has 5 heteroatoms. The first-order valence-corrected chi connectivity index (χ1v) is 8.19. The number of likely N-dealkylation sites (N-methyl/N-ethyl adjacent to an activating group) is 2. The standard InChI is InChI=1S/C16H31N5/c1-5-17-14(6-7-15-8-9-18-21(15)4)12-16-13-19(2)10-11-20(16)3/h8-9,14,16-17H,5-7,10-13H2,1-4H3. The van der Waals surface area contributed by atoms with Crippen molar-refractivity contribution in [3.8, 4) is 0 Å². The number of rotatable bonds is 7. The zero-order chi connectivity index (χ0) is 15.2. The van der Waals surface area contributed by atoms with Crippen LogP contribution < -0.4 is 5.32 Å². The first-order chi connectivity index (χ1) is 10.1. The third-order valence-corrected chi connectivity index (χ3v) is 4.70. The SMILES string of the molecule is CCNC(CCc1ccnn1C)CC1CN(C)CCN1C. The van der Waals surface area contributed by atoms with E-state index in [0.717, 1.165) is 13.0 Å². The van der Waals surface area contributed by atoms with Gasteiger partial charge in [-0.2, -0.15) is 5.10 Å². The average Bonchev–Trinajstić information content (AvgIpc) is 2.86. The van der Waals surface area contributed by atoms with Gasteiger partial charge in [0, 0.05) is 50.7 Å². The molecule has 21 heavy (non-hydrogen) atoms. The van der Waals surface area contributed by atoms with Gasteiger partial charge >= 0.3 is 0 Å². The fourth-order valence-corrected chi connectivity index (χ4v) is 3.24. The van der Waals surface area contributed by atoms with Crippen molar-refractivity contribution in [2.75, 3.05) is 40.3 Å². The van der Waals surface area contributed by atoms with E-state index < -0.39 is 0 Å². The lowest BCUT2D eigenvalue weighted by molar-refractivity contribution is 0.100. The molecule has 2 heterocycles. The molecule has 0 amide bonds. The van der Waals surface area contributed by atoms with Gasteiger partial charge in [-0.15, -0.1) is 0 Å². The normalized spacial score (nSPS) is 22.6. The largest absolute Gasteiger partial charge is 0.314 e. The highest BCUT2D eigenvalue weighted by Gasteiger charge is 2.25. The van der Waals surface area contributed by atoms with Crippen LogP contribution in [-0.2, 0) is 13.5 Å². The van der Waals surface area contributed by atoms with E-state index in [2.05, 4.69) is 47.3 Å². The molecule has 1 fully saturated rings. The minimum atomic E-state index is 0.587. The highest BCUT2D eigenvalue weighted by molar-refractivity contribution is 5.00. The number of aromatic nitrogens is 2. The molecule has 0 saturated carbocycles. The average molecular weight is 293 g/mol. The number of hydrogen-bond donors (Lipinski definition) is 1. The number of hydrogen-bond acceptors (Lipinski definition) is 4. The minimum absolute atomic E-state index is 0.587. The van der Waals surface area contributed by atoms with Crippen molar-refractivity contribution in [3.05, 3.63) is 18.0 Å². The van der Waals surface area contributed by atoms with Crippen LogP contribution in [0.25, 0.3) is 0 Å². The molecule has 1 aromatic rings. The number of nitrogens with one attached hydrogen (secondary N) is 1. The Kier molecular flexibility index (Phi) is 6.21. The maximum Gasteiger partial charge on any atom is 0.0492 e. The lowest BCUT2D eigenvalue weighted by Gasteiger charge is -2.39. The first-order valence-electron chi connectivity index (χ1n) is 8.19. The summed E-state index contributed by atoms with van der Waals surface area (Å²) in [5.74, 6) is 0. The van der Waals surface area contributed by atoms with Gasteiger partial charge in [0.1, 0.15) is 0 Å². The van der Waals surface area contributed by atoms with E-state index >= 15 is 0 Å². The molecule has 5 nitrogen and oxygen atoms in total. The summed E-state index contributed by atoms with van der Waals surface area (Å²) >= 11 is 0. The molecule has 0 radical (unpaired) electrons. The third-order valence-electron chi connectivity index (χ3n) is 4.70. The van der Waals surface area contributed by atoms with Crippen LogP contribution in [0.1, 0.15) is 25.5 Å². The van der Waals surface area contributed by atoms with Crippen molar-refractivity contribution in [2.24, 2.45) is 7.05 Å². The zero-order valence-corrected chi connectivity index (χ0v) is 14.0. The van der Waals surface area contributed by atoms with Crippen molar-refractivity contribution < 1.29 is 0 Å². The Morgan fingerprint density at radius 2 is 2.14 bits per heavy atom. The van der Waals surface area contributed by atoms with Gasteiger partial charge in [-0.05, 0) is 46.0 Å². The Hall–Kier alpha value is -0.910. The maximum atomic E-state index is 4.26. The van der Waals surface area contributed by atoms with Crippen molar-refractivity contribution in [3.63, 3.8) is 0 Å². The van der Waals surface area contributed by atoms with Crippen LogP contribution in [-0.4, -0.2) is 71.9 Å². The molecular formula is C16H31N5. The van der Waals surface area contributed by atoms with E-state index in [1.54, 1.807) is 0 Å². The topological polar surface area (TPSA) is 36.3 Å². The Bertz CT molecular complexity index is 417. The predicted molar refractivity (Wildman–Crippen MR) is 87.5 cm³/mol. The van der Waals surface area contributed by atoms with E-state index in [1.807, 2.05) is 17.9 Å². The first kappa shape index (κ1) is 16.5. The molecule has 1 aromatic heterocycles. The molecule has 2 unspecified atom stereocenters. The Labute approximate surface area is 129 Å². The van der Waals surface area contributed by atoms with Crippen LogP contribution in [0.2, 0.25) is 0 Å². The Morgan fingerprint density at radius 3 is 2.81 bits per heavy atom. The molecule has 1 aliphatic heterocycles. The van der Waals surface area contributed by atoms with Crippen molar-refractivity contribution in [1.82, 2.24) is 24.9 Å². The molecular weight excluding hydrogens is 262 g/mol. The second-order valence-corrected chi connectivity index (χ2v) is 6.37. The van der Waals surface area contributed by atoms with E-state index in [-0.39, 0.29) is 0 Å². The molecule has 2 rings (SSSR count). The van der Waals surface area contributed by atoms with Gasteiger partial charge in [0.15, 0.2) is 0 Å². The van der Waals surface area contributed by atoms with Crippen molar-refractivity contribution in [1.29, 1.82) is 0 Å². The van der Waals surface area contributed by atoms with E-state index in [9.17, 15) is 0 Å². The zero-order valence-electron chi connectivity index (χ0n) is 14.0. The molecule has 120 valence electrons.